The third kappa shape index (κ3) is 2.79. The Kier molecular flexibility index (Phi) is 3.47. The molecule has 0 radical (unpaired) electrons. The average molecular weight is 211 g/mol. The van der Waals surface area contributed by atoms with E-state index in [0.29, 0.717) is 13.0 Å². The highest BCUT2D eigenvalue weighted by Gasteiger charge is 2.27. The number of imidazole rings is 1. The quantitative estimate of drug-likeness (QED) is 0.748. The van der Waals surface area contributed by atoms with Gasteiger partial charge in [-0.25, -0.2) is 4.98 Å². The molecule has 1 rings (SSSR count). The lowest BCUT2D eigenvalue weighted by Crippen LogP contribution is -2.45. The highest BCUT2D eigenvalue weighted by Crippen LogP contribution is 2.09. The maximum Gasteiger partial charge on any atom is 0.323 e. The Morgan fingerprint density at radius 1 is 1.73 bits per heavy atom. The molecule has 0 fully saturated rings. The van der Waals surface area contributed by atoms with Gasteiger partial charge in [0.1, 0.15) is 11.4 Å². The number of nitrogens with two attached hydrogens (primary N) is 1. The van der Waals surface area contributed by atoms with E-state index in [1.807, 2.05) is 17.7 Å². The zero-order chi connectivity index (χ0) is 11.5. The number of carboxylic acid groups (broad SMARTS) is 1. The summed E-state index contributed by atoms with van der Waals surface area (Å²) in [5.74, 6) is -0.0168. The van der Waals surface area contributed by atoms with E-state index in [0.717, 1.165) is 12.2 Å². The fourth-order valence-electron chi connectivity index (χ4n) is 1.32. The lowest BCUT2D eigenvalue weighted by atomic mass is 10.00. The molecule has 0 bridgehead atoms. The monoisotopic (exact) mass is 211 g/mol. The van der Waals surface area contributed by atoms with E-state index < -0.39 is 11.5 Å². The standard InChI is InChI=1S/C10H17N3O2/c1-3-8-12-5-7-13(8)6-4-10(2,11)9(14)15/h5,7H,3-4,6,11H2,1-2H3,(H,14,15). The number of hydrogen-bond donors (Lipinski definition) is 2. The van der Waals surface area contributed by atoms with Crippen molar-refractivity contribution in [1.29, 1.82) is 0 Å². The lowest BCUT2D eigenvalue weighted by Gasteiger charge is -2.19. The van der Waals surface area contributed by atoms with Gasteiger partial charge in [-0.2, -0.15) is 0 Å². The van der Waals surface area contributed by atoms with Gasteiger partial charge in [-0.3, -0.25) is 4.79 Å². The number of aliphatic carboxylic acids is 1. The van der Waals surface area contributed by atoms with E-state index in [4.69, 9.17) is 10.8 Å². The van der Waals surface area contributed by atoms with Crippen LogP contribution in [0.3, 0.4) is 0 Å². The van der Waals surface area contributed by atoms with Crippen LogP contribution in [-0.4, -0.2) is 26.2 Å². The molecular formula is C10H17N3O2. The minimum Gasteiger partial charge on any atom is -0.480 e. The second kappa shape index (κ2) is 4.44. The molecule has 5 heteroatoms. The topological polar surface area (TPSA) is 81.1 Å². The minimum absolute atomic E-state index is 0.395. The number of nitrogens with zero attached hydrogens (tertiary/aromatic N) is 2. The van der Waals surface area contributed by atoms with Gasteiger partial charge in [0.05, 0.1) is 0 Å². The number of carboxylic acids is 1. The van der Waals surface area contributed by atoms with Gasteiger partial charge in [0.25, 0.3) is 0 Å². The Morgan fingerprint density at radius 3 is 2.93 bits per heavy atom. The van der Waals surface area contributed by atoms with Crippen molar-refractivity contribution in [3.8, 4) is 0 Å². The fraction of sp³-hybridized carbons (Fsp3) is 0.600. The van der Waals surface area contributed by atoms with Gasteiger partial charge in [-0.1, -0.05) is 6.92 Å². The SMILES string of the molecule is CCc1nccn1CCC(C)(N)C(=O)O. The molecule has 0 aliphatic rings. The van der Waals surface area contributed by atoms with E-state index in [1.54, 1.807) is 6.20 Å². The molecular weight excluding hydrogens is 194 g/mol. The van der Waals surface area contributed by atoms with Crippen molar-refractivity contribution in [3.05, 3.63) is 18.2 Å². The first-order valence-electron chi connectivity index (χ1n) is 4.99. The van der Waals surface area contributed by atoms with E-state index in [2.05, 4.69) is 4.98 Å². The summed E-state index contributed by atoms with van der Waals surface area (Å²) < 4.78 is 1.94. The Labute approximate surface area is 88.9 Å². The lowest BCUT2D eigenvalue weighted by molar-refractivity contribution is -0.143. The third-order valence-electron chi connectivity index (χ3n) is 2.48. The highest BCUT2D eigenvalue weighted by molar-refractivity contribution is 5.77. The second-order valence-corrected chi connectivity index (χ2v) is 3.86. The average Bonchev–Trinajstić information content (AvgIpc) is 2.61. The fourth-order valence-corrected chi connectivity index (χ4v) is 1.32. The second-order valence-electron chi connectivity index (χ2n) is 3.86. The summed E-state index contributed by atoms with van der Waals surface area (Å²) in [7, 11) is 0. The molecule has 0 aromatic carbocycles. The van der Waals surface area contributed by atoms with Crippen molar-refractivity contribution in [1.82, 2.24) is 9.55 Å². The summed E-state index contributed by atoms with van der Waals surface area (Å²) in [5.41, 5.74) is 4.46. The summed E-state index contributed by atoms with van der Waals surface area (Å²) in [6.45, 7) is 4.12. The molecule has 5 nitrogen and oxygen atoms in total. The van der Waals surface area contributed by atoms with Crippen molar-refractivity contribution in [2.24, 2.45) is 5.73 Å². The van der Waals surface area contributed by atoms with E-state index in [-0.39, 0.29) is 0 Å². The van der Waals surface area contributed by atoms with Gasteiger partial charge in [0.15, 0.2) is 0 Å². The van der Waals surface area contributed by atoms with Gasteiger partial charge >= 0.3 is 5.97 Å². The molecule has 3 N–H and O–H groups in total. The smallest absolute Gasteiger partial charge is 0.323 e. The van der Waals surface area contributed by atoms with E-state index in [9.17, 15) is 4.79 Å². The molecule has 0 aliphatic carbocycles. The zero-order valence-corrected chi connectivity index (χ0v) is 9.10. The number of rotatable bonds is 5. The Bertz CT molecular complexity index is 344. The number of aromatic nitrogens is 2. The van der Waals surface area contributed by atoms with Crippen LogP contribution < -0.4 is 5.73 Å². The highest BCUT2D eigenvalue weighted by atomic mass is 16.4. The summed E-state index contributed by atoms with van der Waals surface area (Å²) in [5, 5.41) is 8.85. The number of carbonyl (C=O) groups is 1. The molecule has 1 unspecified atom stereocenters. The first kappa shape index (κ1) is 11.7. The van der Waals surface area contributed by atoms with Crippen LogP contribution >= 0.6 is 0 Å². The Hall–Kier alpha value is -1.36. The van der Waals surface area contributed by atoms with E-state index >= 15 is 0 Å². The molecule has 0 saturated carbocycles. The summed E-state index contributed by atoms with van der Waals surface area (Å²) in [4.78, 5) is 14.9. The van der Waals surface area contributed by atoms with Crippen LogP contribution in [-0.2, 0) is 17.8 Å². The molecule has 0 spiro atoms. The van der Waals surface area contributed by atoms with Gasteiger partial charge < -0.3 is 15.4 Å². The third-order valence-corrected chi connectivity index (χ3v) is 2.48. The van der Waals surface area contributed by atoms with Crippen LogP contribution in [0.15, 0.2) is 12.4 Å². The number of aryl methyl sites for hydroxylation is 2. The van der Waals surface area contributed by atoms with Gasteiger partial charge in [-0.15, -0.1) is 0 Å². The molecule has 0 aliphatic heterocycles. The summed E-state index contributed by atoms with van der Waals surface area (Å²) in [6.07, 6.45) is 4.79. The maximum absolute atomic E-state index is 10.8. The summed E-state index contributed by atoms with van der Waals surface area (Å²) >= 11 is 0. The molecule has 0 amide bonds. The molecule has 1 aromatic rings. The van der Waals surface area contributed by atoms with E-state index in [1.165, 1.54) is 6.92 Å². The van der Waals surface area contributed by atoms with Gasteiger partial charge in [0, 0.05) is 25.4 Å². The largest absolute Gasteiger partial charge is 0.480 e. The molecule has 1 atom stereocenters. The van der Waals surface area contributed by atoms with Crippen LogP contribution in [0.4, 0.5) is 0 Å². The predicted molar refractivity (Wildman–Crippen MR) is 56.5 cm³/mol. The minimum atomic E-state index is -1.17. The number of hydrogen-bond acceptors (Lipinski definition) is 3. The molecule has 1 heterocycles. The van der Waals surface area contributed by atoms with Crippen LogP contribution in [0.25, 0.3) is 0 Å². The van der Waals surface area contributed by atoms with Crippen LogP contribution in [0.5, 0.6) is 0 Å². The predicted octanol–water partition coefficient (Wildman–Crippen LogP) is 0.638. The Morgan fingerprint density at radius 2 is 2.40 bits per heavy atom. The van der Waals surface area contributed by atoms with Crippen LogP contribution in [0, 0.1) is 0 Å². The van der Waals surface area contributed by atoms with Crippen molar-refractivity contribution < 1.29 is 9.90 Å². The normalized spacial score (nSPS) is 14.9. The van der Waals surface area contributed by atoms with Gasteiger partial charge in [-0.05, 0) is 13.3 Å². The van der Waals surface area contributed by atoms with Crippen molar-refractivity contribution in [2.45, 2.75) is 38.8 Å². The first-order valence-corrected chi connectivity index (χ1v) is 4.99. The van der Waals surface area contributed by atoms with Gasteiger partial charge in [0.2, 0.25) is 0 Å². The molecule has 0 saturated heterocycles. The zero-order valence-electron chi connectivity index (χ0n) is 9.10. The van der Waals surface area contributed by atoms with Crippen molar-refractivity contribution in [2.75, 3.05) is 0 Å². The molecule has 1 aromatic heterocycles. The van der Waals surface area contributed by atoms with Crippen molar-refractivity contribution in [3.63, 3.8) is 0 Å². The van der Waals surface area contributed by atoms with Crippen molar-refractivity contribution >= 4 is 5.97 Å². The van der Waals surface area contributed by atoms with Crippen LogP contribution in [0.2, 0.25) is 0 Å². The maximum atomic E-state index is 10.8. The Balaban J connectivity index is 2.61. The first-order chi connectivity index (χ1) is 6.97. The molecule has 15 heavy (non-hydrogen) atoms. The molecule has 84 valence electrons. The van der Waals surface area contributed by atoms with Crippen LogP contribution in [0.1, 0.15) is 26.1 Å². The summed E-state index contributed by atoms with van der Waals surface area (Å²) in [6, 6.07) is 0.